The van der Waals surface area contributed by atoms with Crippen molar-refractivity contribution in [1.29, 1.82) is 0 Å². The molecule has 82 heavy (non-hydrogen) atoms. The van der Waals surface area contributed by atoms with Crippen molar-refractivity contribution in [2.24, 2.45) is 23.3 Å². The topological polar surface area (TPSA) is 463 Å². The standard InChI is InChI=1S/C52H77N13O16S/c1-6-28(4)44(51(80)62-36(22-42(72)73)48(77)58-31(25-66)20-29-9-11-32(67)12-10-29)64-50(79)43(27(2)3)63-47(76)35(14-16-41(70)71)61-49(78)38-8-7-18-65(38)52(81)37(21-30-23-55-26-57-30)59-40(69)24-56-46(75)34(13-15-39(54)68)60-45(74)33(53)17-19-82-5/h9-12,23,25-28,31,33-38,43-44,67H,6-8,13-22,24,53H2,1-5H3,(H2,54,68)(H,55,57)(H,56,75)(H,58,77)(H,59,69)(H,60,74)(H,61,78)(H,62,80)(H,63,76)(H,64,79)(H,70,71)(H,72,73). The number of likely N-dealkylation sites (tertiary alicyclic amines) is 1. The number of amides is 10. The number of aliphatic carboxylic acids is 2. The fourth-order valence-corrected chi connectivity index (χ4v) is 9.04. The highest BCUT2D eigenvalue weighted by molar-refractivity contribution is 7.98. The lowest BCUT2D eigenvalue weighted by Crippen LogP contribution is -2.61. The maximum absolute atomic E-state index is 14.4. The van der Waals surface area contributed by atoms with Crippen molar-refractivity contribution in [3.63, 3.8) is 0 Å². The zero-order chi connectivity index (χ0) is 61.2. The lowest BCUT2D eigenvalue weighted by Gasteiger charge is -2.31. The van der Waals surface area contributed by atoms with Crippen LogP contribution in [0, 0.1) is 11.8 Å². The number of thioether (sulfide) groups is 1. The number of benzene rings is 1. The van der Waals surface area contributed by atoms with Gasteiger partial charge in [-0.1, -0.05) is 46.2 Å². The monoisotopic (exact) mass is 1170 g/mol. The lowest BCUT2D eigenvalue weighted by molar-refractivity contribution is -0.142. The van der Waals surface area contributed by atoms with E-state index in [0.29, 0.717) is 29.7 Å². The molecule has 1 aliphatic rings. The van der Waals surface area contributed by atoms with Crippen LogP contribution < -0.4 is 54.0 Å². The van der Waals surface area contributed by atoms with E-state index in [2.05, 4.69) is 52.5 Å². The van der Waals surface area contributed by atoms with Gasteiger partial charge in [-0.25, -0.2) is 4.98 Å². The number of aromatic hydroxyl groups is 1. The molecule has 10 amide bonds. The first-order chi connectivity index (χ1) is 38.8. The van der Waals surface area contributed by atoms with Crippen LogP contribution in [0.1, 0.15) is 96.7 Å². The zero-order valence-electron chi connectivity index (χ0n) is 46.4. The largest absolute Gasteiger partial charge is 0.508 e. The average molecular weight is 1170 g/mol. The number of nitrogens with one attached hydrogen (secondary N) is 9. The minimum absolute atomic E-state index is 0.00214. The Bertz CT molecular complexity index is 2550. The van der Waals surface area contributed by atoms with Crippen molar-refractivity contribution in [3.8, 4) is 5.75 Å². The molecule has 1 aromatic heterocycles. The van der Waals surface area contributed by atoms with Gasteiger partial charge in [-0.2, -0.15) is 11.8 Å². The van der Waals surface area contributed by atoms with Crippen molar-refractivity contribution < 1.29 is 77.6 Å². The molecular weight excluding hydrogens is 1090 g/mol. The summed E-state index contributed by atoms with van der Waals surface area (Å²) in [5.74, 6) is -12.4. The van der Waals surface area contributed by atoms with Crippen LogP contribution in [0.3, 0.4) is 0 Å². The first kappa shape index (κ1) is 68.1. The molecule has 1 aliphatic heterocycles. The molecule has 0 aliphatic carbocycles. The summed E-state index contributed by atoms with van der Waals surface area (Å²) in [5.41, 5.74) is 12.2. The summed E-state index contributed by atoms with van der Waals surface area (Å²) in [6.07, 6.45) is 3.08. The van der Waals surface area contributed by atoms with Crippen LogP contribution in [0.4, 0.5) is 0 Å². The number of rotatable bonds is 36. The average Bonchev–Trinajstić information content (AvgIpc) is 4.17. The molecule has 30 heteroatoms. The number of imidazole rings is 1. The minimum Gasteiger partial charge on any atom is -0.508 e. The predicted molar refractivity (Wildman–Crippen MR) is 294 cm³/mol. The molecule has 0 radical (unpaired) electrons. The van der Waals surface area contributed by atoms with Crippen molar-refractivity contribution in [1.82, 2.24) is 57.4 Å². The fourth-order valence-electron chi connectivity index (χ4n) is 8.55. The summed E-state index contributed by atoms with van der Waals surface area (Å²) < 4.78 is 0. The molecule has 1 saturated heterocycles. The van der Waals surface area contributed by atoms with Crippen LogP contribution in [-0.2, 0) is 75.2 Å². The molecule has 10 unspecified atom stereocenters. The summed E-state index contributed by atoms with van der Waals surface area (Å²) >= 11 is 1.46. The van der Waals surface area contributed by atoms with E-state index in [1.807, 2.05) is 6.26 Å². The maximum atomic E-state index is 14.4. The van der Waals surface area contributed by atoms with Gasteiger partial charge in [-0.05, 0) is 80.1 Å². The number of phenols is 1. The van der Waals surface area contributed by atoms with Gasteiger partial charge in [0, 0.05) is 37.7 Å². The summed E-state index contributed by atoms with van der Waals surface area (Å²) in [5, 5.41) is 48.7. The van der Waals surface area contributed by atoms with E-state index < -0.39 is 163 Å². The van der Waals surface area contributed by atoms with Crippen LogP contribution in [0.5, 0.6) is 5.75 Å². The van der Waals surface area contributed by atoms with Gasteiger partial charge in [0.15, 0.2) is 0 Å². The summed E-state index contributed by atoms with van der Waals surface area (Å²) in [4.78, 5) is 179. The van der Waals surface area contributed by atoms with Gasteiger partial charge in [-0.15, -0.1) is 0 Å². The Hall–Kier alpha value is -8.15. The number of carboxylic acids is 2. The number of carbonyl (C=O) groups is 13. The molecule has 16 N–H and O–H groups in total. The van der Waals surface area contributed by atoms with Gasteiger partial charge in [0.2, 0.25) is 59.1 Å². The molecule has 29 nitrogen and oxygen atoms in total. The first-order valence-corrected chi connectivity index (χ1v) is 28.0. The summed E-state index contributed by atoms with van der Waals surface area (Å²) in [7, 11) is 0. The number of primary amides is 1. The van der Waals surface area contributed by atoms with E-state index >= 15 is 0 Å². The van der Waals surface area contributed by atoms with Gasteiger partial charge in [0.05, 0.1) is 31.4 Å². The quantitative estimate of drug-likeness (QED) is 0.0302. The SMILES string of the molecule is CCC(C)C(NC(=O)C(NC(=O)C(CCC(=O)O)NC(=O)C1CCCN1C(=O)C(Cc1cnc[nH]1)NC(=O)CNC(=O)C(CCC(N)=O)NC(=O)C(N)CCSC)C(C)C)C(=O)NC(CC(=O)O)C(=O)NC(C=O)Cc1ccc(O)cc1. The third-order valence-corrected chi connectivity index (χ3v) is 14.0. The van der Waals surface area contributed by atoms with Gasteiger partial charge in [-0.3, -0.25) is 57.5 Å². The summed E-state index contributed by atoms with van der Waals surface area (Å²) in [6.45, 7) is 5.66. The number of aldehydes is 1. The Labute approximate surface area is 477 Å². The molecule has 10 atom stereocenters. The van der Waals surface area contributed by atoms with Gasteiger partial charge in [0.25, 0.3) is 0 Å². The van der Waals surface area contributed by atoms with E-state index in [9.17, 15) is 77.6 Å². The molecule has 2 aromatic rings. The Kier molecular flexibility index (Phi) is 28.4. The molecule has 1 fully saturated rings. The third-order valence-electron chi connectivity index (χ3n) is 13.4. The Morgan fingerprint density at radius 3 is 1.96 bits per heavy atom. The molecule has 2 heterocycles. The number of carbonyl (C=O) groups excluding carboxylic acids is 11. The third kappa shape index (κ3) is 22.8. The van der Waals surface area contributed by atoms with Crippen molar-refractivity contribution in [3.05, 3.63) is 48.0 Å². The number of H-pyrrole nitrogens is 1. The number of phenolic OH excluding ortho intramolecular Hbond substituents is 1. The molecular formula is C52H77N13O16S. The van der Waals surface area contributed by atoms with Crippen LogP contribution in [0.2, 0.25) is 0 Å². The normalized spacial score (nSPS) is 16.2. The molecule has 1 aromatic carbocycles. The molecule has 0 spiro atoms. The number of nitrogens with zero attached hydrogens (tertiary/aromatic N) is 2. The summed E-state index contributed by atoms with van der Waals surface area (Å²) in [6, 6.07) is -6.55. The number of carboxylic acid groups (broad SMARTS) is 2. The predicted octanol–water partition coefficient (Wildman–Crippen LogP) is -3.01. The number of aromatic amines is 1. The second-order valence-corrected chi connectivity index (χ2v) is 21.1. The van der Waals surface area contributed by atoms with Crippen molar-refractivity contribution in [2.75, 3.05) is 25.1 Å². The van der Waals surface area contributed by atoms with Crippen LogP contribution in [-0.4, -0.2) is 187 Å². The van der Waals surface area contributed by atoms with E-state index in [1.54, 1.807) is 27.7 Å². The van der Waals surface area contributed by atoms with E-state index in [1.165, 1.54) is 53.5 Å². The molecule has 0 saturated carbocycles. The lowest BCUT2D eigenvalue weighted by atomic mass is 9.95. The first-order valence-electron chi connectivity index (χ1n) is 26.6. The van der Waals surface area contributed by atoms with Crippen LogP contribution in [0.25, 0.3) is 0 Å². The van der Waals surface area contributed by atoms with Gasteiger partial charge in [0.1, 0.15) is 54.3 Å². The van der Waals surface area contributed by atoms with Gasteiger partial charge < -0.3 is 84.0 Å². The number of hydrogen-bond acceptors (Lipinski definition) is 17. The fraction of sp³-hybridized carbons (Fsp3) is 0.577. The Morgan fingerprint density at radius 2 is 1.38 bits per heavy atom. The second kappa shape index (κ2) is 34.2. The van der Waals surface area contributed by atoms with Crippen molar-refractivity contribution in [2.45, 2.75) is 153 Å². The van der Waals surface area contributed by atoms with E-state index in [4.69, 9.17) is 11.5 Å². The highest BCUT2D eigenvalue weighted by atomic mass is 32.2. The van der Waals surface area contributed by atoms with Gasteiger partial charge >= 0.3 is 11.9 Å². The number of nitrogens with two attached hydrogens (primary N) is 2. The zero-order valence-corrected chi connectivity index (χ0v) is 47.2. The smallest absolute Gasteiger partial charge is 0.305 e. The molecule has 3 rings (SSSR count). The van der Waals surface area contributed by atoms with E-state index in [0.717, 1.165) is 0 Å². The minimum atomic E-state index is -1.73. The number of hydrogen-bond donors (Lipinski definition) is 14. The number of aromatic nitrogens is 2. The molecule has 0 bridgehead atoms. The van der Waals surface area contributed by atoms with E-state index in [-0.39, 0.29) is 57.2 Å². The Balaban J connectivity index is 1.79. The van der Waals surface area contributed by atoms with Crippen LogP contribution in [0.15, 0.2) is 36.8 Å². The highest BCUT2D eigenvalue weighted by Crippen LogP contribution is 2.21. The molecule has 452 valence electrons. The highest BCUT2D eigenvalue weighted by Gasteiger charge is 2.41. The van der Waals surface area contributed by atoms with Crippen LogP contribution >= 0.6 is 11.8 Å². The van der Waals surface area contributed by atoms with Crippen molar-refractivity contribution >= 4 is 89.1 Å². The maximum Gasteiger partial charge on any atom is 0.305 e. The second-order valence-electron chi connectivity index (χ2n) is 20.1. The Morgan fingerprint density at radius 1 is 0.756 bits per heavy atom.